The molecule has 0 aliphatic carbocycles. The molecule has 2 aromatic carbocycles. The smallest absolute Gasteiger partial charge is 0.331 e. The van der Waals surface area contributed by atoms with Crippen LogP contribution >= 0.6 is 0 Å². The first-order chi connectivity index (χ1) is 11.7. The largest absolute Gasteiger partial charge is 0.492 e. The molecule has 0 aromatic heterocycles. The van der Waals surface area contributed by atoms with E-state index >= 15 is 0 Å². The monoisotopic (exact) mass is 321 g/mol. The Morgan fingerprint density at radius 3 is 2.62 bits per heavy atom. The molecule has 0 N–H and O–H groups in total. The number of ether oxygens (including phenoxy) is 1. The molecule has 120 valence electrons. The molecule has 6 heteroatoms. The van der Waals surface area contributed by atoms with Crippen LogP contribution in [0.4, 0.5) is 10.5 Å². The predicted molar refractivity (Wildman–Crippen MR) is 87.5 cm³/mol. The van der Waals surface area contributed by atoms with Gasteiger partial charge in [-0.1, -0.05) is 24.3 Å². The summed E-state index contributed by atoms with van der Waals surface area (Å²) in [7, 11) is 0. The van der Waals surface area contributed by atoms with Crippen LogP contribution in [0.1, 0.15) is 5.56 Å². The molecule has 24 heavy (non-hydrogen) atoms. The molecule has 1 fully saturated rings. The third kappa shape index (κ3) is 3.20. The fourth-order valence-electron chi connectivity index (χ4n) is 2.48. The Morgan fingerprint density at radius 2 is 1.88 bits per heavy atom. The molecule has 0 radical (unpaired) electrons. The van der Waals surface area contributed by atoms with E-state index in [9.17, 15) is 9.59 Å². The number of carbonyl (C=O) groups excluding carboxylic acids is 2. The van der Waals surface area contributed by atoms with Crippen LogP contribution in [0.3, 0.4) is 0 Å². The summed E-state index contributed by atoms with van der Waals surface area (Å²) in [6.45, 7) is 0.375. The minimum atomic E-state index is -0.347. The quantitative estimate of drug-likeness (QED) is 0.793. The lowest BCUT2D eigenvalue weighted by molar-refractivity contribution is -0.125. The van der Waals surface area contributed by atoms with Crippen molar-refractivity contribution in [2.45, 2.75) is 0 Å². The van der Waals surface area contributed by atoms with Gasteiger partial charge in [-0.15, -0.1) is 0 Å². The number of benzene rings is 2. The fraction of sp³-hybridized carbons (Fsp3) is 0.167. The maximum atomic E-state index is 12.4. The summed E-state index contributed by atoms with van der Waals surface area (Å²) in [5, 5.41) is 8.86. The van der Waals surface area contributed by atoms with Crippen LogP contribution in [-0.2, 0) is 4.79 Å². The second-order valence-electron chi connectivity index (χ2n) is 5.24. The molecular weight excluding hydrogens is 306 g/mol. The maximum absolute atomic E-state index is 12.4. The number of nitrogens with zero attached hydrogens (tertiary/aromatic N) is 3. The third-order valence-corrected chi connectivity index (χ3v) is 3.67. The first-order valence-electron chi connectivity index (χ1n) is 7.49. The second-order valence-corrected chi connectivity index (χ2v) is 5.24. The van der Waals surface area contributed by atoms with Crippen LogP contribution in [0.2, 0.25) is 0 Å². The van der Waals surface area contributed by atoms with E-state index in [0.29, 0.717) is 17.0 Å². The summed E-state index contributed by atoms with van der Waals surface area (Å²) in [6.07, 6.45) is 0. The highest BCUT2D eigenvalue weighted by Gasteiger charge is 2.36. The van der Waals surface area contributed by atoms with E-state index in [1.807, 2.05) is 24.3 Å². The minimum absolute atomic E-state index is 0.0345. The second kappa shape index (κ2) is 6.84. The number of hydrogen-bond donors (Lipinski definition) is 0. The number of nitriles is 1. The number of imide groups is 1. The van der Waals surface area contributed by atoms with Gasteiger partial charge in [0, 0.05) is 5.69 Å². The van der Waals surface area contributed by atoms with Crippen LogP contribution in [0.15, 0.2) is 54.6 Å². The van der Waals surface area contributed by atoms with Crippen LogP contribution < -0.4 is 9.64 Å². The summed E-state index contributed by atoms with van der Waals surface area (Å²) in [5.41, 5.74) is 1.19. The highest BCUT2D eigenvalue weighted by atomic mass is 16.5. The van der Waals surface area contributed by atoms with Gasteiger partial charge in [-0.05, 0) is 30.3 Å². The van der Waals surface area contributed by atoms with Crippen molar-refractivity contribution in [1.29, 1.82) is 5.26 Å². The van der Waals surface area contributed by atoms with Gasteiger partial charge in [-0.2, -0.15) is 5.26 Å². The van der Waals surface area contributed by atoms with E-state index in [1.165, 1.54) is 9.80 Å². The van der Waals surface area contributed by atoms with Gasteiger partial charge >= 0.3 is 6.03 Å². The summed E-state index contributed by atoms with van der Waals surface area (Å²) < 4.78 is 5.53. The van der Waals surface area contributed by atoms with Gasteiger partial charge in [0.15, 0.2) is 0 Å². The van der Waals surface area contributed by atoms with Gasteiger partial charge in [0.25, 0.3) is 5.91 Å². The number of anilines is 1. The zero-order valence-electron chi connectivity index (χ0n) is 12.9. The van der Waals surface area contributed by atoms with Crippen molar-refractivity contribution in [2.24, 2.45) is 0 Å². The SMILES string of the molecule is N#Cc1cccc(OCCN2C(=O)CN(c3ccccc3)C2=O)c1. The van der Waals surface area contributed by atoms with Gasteiger partial charge in [-0.3, -0.25) is 14.6 Å². The van der Waals surface area contributed by atoms with Crippen molar-refractivity contribution < 1.29 is 14.3 Å². The molecule has 2 aromatic rings. The zero-order valence-corrected chi connectivity index (χ0v) is 12.9. The zero-order chi connectivity index (χ0) is 16.9. The molecule has 3 rings (SSSR count). The molecule has 0 atom stereocenters. The number of urea groups is 1. The lowest BCUT2D eigenvalue weighted by Crippen LogP contribution is -2.36. The Kier molecular flexibility index (Phi) is 4.43. The Morgan fingerprint density at radius 1 is 1.08 bits per heavy atom. The third-order valence-electron chi connectivity index (χ3n) is 3.67. The minimum Gasteiger partial charge on any atom is -0.492 e. The van der Waals surface area contributed by atoms with E-state index in [-0.39, 0.29) is 31.6 Å². The Labute approximate surface area is 139 Å². The van der Waals surface area contributed by atoms with E-state index in [2.05, 4.69) is 0 Å². The summed E-state index contributed by atoms with van der Waals surface area (Å²) in [5.74, 6) is 0.284. The van der Waals surface area contributed by atoms with Crippen LogP contribution in [0, 0.1) is 11.3 Å². The average Bonchev–Trinajstić information content (AvgIpc) is 2.91. The first kappa shape index (κ1) is 15.6. The first-order valence-corrected chi connectivity index (χ1v) is 7.49. The molecule has 1 heterocycles. The molecule has 1 saturated heterocycles. The van der Waals surface area contributed by atoms with E-state index < -0.39 is 0 Å². The Balaban J connectivity index is 1.60. The summed E-state index contributed by atoms with van der Waals surface area (Å²) >= 11 is 0. The average molecular weight is 321 g/mol. The van der Waals surface area contributed by atoms with Crippen molar-refractivity contribution in [1.82, 2.24) is 4.90 Å². The van der Waals surface area contributed by atoms with Crippen molar-refractivity contribution in [3.63, 3.8) is 0 Å². The van der Waals surface area contributed by atoms with Crippen LogP contribution in [0.5, 0.6) is 5.75 Å². The molecule has 0 spiro atoms. The van der Waals surface area contributed by atoms with Gasteiger partial charge in [-0.25, -0.2) is 4.79 Å². The molecule has 3 amide bonds. The number of para-hydroxylation sites is 1. The van der Waals surface area contributed by atoms with Gasteiger partial charge < -0.3 is 4.74 Å². The van der Waals surface area contributed by atoms with Gasteiger partial charge in [0.1, 0.15) is 18.9 Å². The number of rotatable bonds is 5. The highest BCUT2D eigenvalue weighted by Crippen LogP contribution is 2.20. The fourth-order valence-corrected chi connectivity index (χ4v) is 2.48. The molecule has 6 nitrogen and oxygen atoms in total. The van der Waals surface area contributed by atoms with E-state index in [1.54, 1.807) is 36.4 Å². The number of carbonyl (C=O) groups is 2. The van der Waals surface area contributed by atoms with Crippen LogP contribution in [0.25, 0.3) is 0 Å². The van der Waals surface area contributed by atoms with E-state index in [4.69, 9.17) is 10.00 Å². The van der Waals surface area contributed by atoms with Crippen LogP contribution in [-0.4, -0.2) is 36.5 Å². The van der Waals surface area contributed by atoms with E-state index in [0.717, 1.165) is 0 Å². The lowest BCUT2D eigenvalue weighted by Gasteiger charge is -2.17. The van der Waals surface area contributed by atoms with Crippen molar-refractivity contribution >= 4 is 17.6 Å². The molecule has 1 aliphatic rings. The molecule has 0 unspecified atom stereocenters. The number of hydrogen-bond acceptors (Lipinski definition) is 4. The normalized spacial score (nSPS) is 14.0. The molecule has 0 saturated carbocycles. The summed E-state index contributed by atoms with van der Waals surface area (Å²) in [6, 6.07) is 17.5. The molecule has 0 bridgehead atoms. The summed E-state index contributed by atoms with van der Waals surface area (Å²) in [4.78, 5) is 27.1. The topological polar surface area (TPSA) is 73.6 Å². The molecular formula is C18H15N3O3. The van der Waals surface area contributed by atoms with Crippen molar-refractivity contribution in [3.8, 4) is 11.8 Å². The number of amides is 3. The standard InChI is InChI=1S/C18H15N3O3/c19-12-14-5-4-8-16(11-14)24-10-9-20-17(22)13-21(18(20)23)15-6-2-1-3-7-15/h1-8,11H,9-10,13H2. The maximum Gasteiger partial charge on any atom is 0.331 e. The van der Waals surface area contributed by atoms with Gasteiger partial charge in [0.2, 0.25) is 0 Å². The Hall–Kier alpha value is -3.33. The van der Waals surface area contributed by atoms with Crippen molar-refractivity contribution in [2.75, 3.05) is 24.6 Å². The Bertz CT molecular complexity index is 799. The van der Waals surface area contributed by atoms with Gasteiger partial charge in [0.05, 0.1) is 18.2 Å². The highest BCUT2D eigenvalue weighted by molar-refractivity contribution is 6.12. The lowest BCUT2D eigenvalue weighted by atomic mass is 10.2. The predicted octanol–water partition coefficient (Wildman–Crippen LogP) is 2.41. The van der Waals surface area contributed by atoms with Crippen molar-refractivity contribution in [3.05, 3.63) is 60.2 Å². The molecule has 1 aliphatic heterocycles.